The van der Waals surface area contributed by atoms with Crippen LogP contribution in [0.5, 0.6) is 5.75 Å². The maximum Gasteiger partial charge on any atom is 0.235 e. The minimum atomic E-state index is -3.51. The summed E-state index contributed by atoms with van der Waals surface area (Å²) in [4.78, 5) is 14.4. The number of benzene rings is 1. The molecule has 1 fully saturated rings. The molecule has 2 rings (SSSR count). The van der Waals surface area contributed by atoms with Crippen LogP contribution in [0.3, 0.4) is 0 Å². The van der Waals surface area contributed by atoms with Crippen LogP contribution in [0.1, 0.15) is 5.56 Å². The summed E-state index contributed by atoms with van der Waals surface area (Å²) in [5, 5.41) is 2.79. The van der Waals surface area contributed by atoms with Gasteiger partial charge in [-0.1, -0.05) is 12.1 Å². The van der Waals surface area contributed by atoms with Gasteiger partial charge in [-0.25, -0.2) is 8.42 Å². The van der Waals surface area contributed by atoms with E-state index in [9.17, 15) is 13.2 Å². The van der Waals surface area contributed by atoms with Gasteiger partial charge in [0, 0.05) is 32.7 Å². The number of methoxy groups -OCH3 is 1. The second-order valence-electron chi connectivity index (χ2n) is 6.18. The second-order valence-corrected chi connectivity index (χ2v) is 8.17. The van der Waals surface area contributed by atoms with Crippen LogP contribution in [0.25, 0.3) is 0 Å². The Morgan fingerprint density at radius 2 is 1.92 bits per heavy atom. The summed E-state index contributed by atoms with van der Waals surface area (Å²) in [6.07, 6.45) is 1.11. The van der Waals surface area contributed by atoms with Crippen molar-refractivity contribution in [1.82, 2.24) is 14.5 Å². The largest absolute Gasteiger partial charge is 0.497 e. The molecule has 0 spiro atoms. The molecule has 0 bridgehead atoms. The predicted octanol–water partition coefficient (Wildman–Crippen LogP) is -0.0948. The first-order valence-electron chi connectivity index (χ1n) is 8.53. The zero-order valence-corrected chi connectivity index (χ0v) is 16.1. The van der Waals surface area contributed by atoms with E-state index >= 15 is 0 Å². The van der Waals surface area contributed by atoms with E-state index in [1.807, 2.05) is 0 Å². The fraction of sp³-hybridized carbons (Fsp3) is 0.588. The van der Waals surface area contributed by atoms with Crippen LogP contribution < -0.4 is 10.1 Å². The first kappa shape index (κ1) is 20.6. The molecule has 1 N–H and O–H groups in total. The van der Waals surface area contributed by atoms with Gasteiger partial charge < -0.3 is 14.8 Å². The van der Waals surface area contributed by atoms with Gasteiger partial charge >= 0.3 is 0 Å². The van der Waals surface area contributed by atoms with E-state index in [2.05, 4.69) is 10.2 Å². The summed E-state index contributed by atoms with van der Waals surface area (Å²) in [5.41, 5.74) is 0.789. The number of nitrogens with one attached hydrogen (secondary N) is 1. The molecule has 1 aromatic rings. The Labute approximate surface area is 155 Å². The fourth-order valence-corrected chi connectivity index (χ4v) is 3.35. The molecule has 8 nitrogen and oxygen atoms in total. The molecule has 1 saturated heterocycles. The molecule has 1 heterocycles. The molecule has 0 radical (unpaired) electrons. The number of rotatable bonds is 9. The van der Waals surface area contributed by atoms with Crippen LogP contribution in [0.2, 0.25) is 0 Å². The van der Waals surface area contributed by atoms with Crippen LogP contribution in [0.4, 0.5) is 0 Å². The third-order valence-electron chi connectivity index (χ3n) is 4.16. The molecule has 26 heavy (non-hydrogen) atoms. The van der Waals surface area contributed by atoms with Crippen molar-refractivity contribution in [1.29, 1.82) is 0 Å². The highest BCUT2D eigenvalue weighted by molar-refractivity contribution is 7.88. The minimum Gasteiger partial charge on any atom is -0.497 e. The number of morpholine rings is 1. The Bertz CT molecular complexity index is 672. The van der Waals surface area contributed by atoms with Crippen molar-refractivity contribution < 1.29 is 22.7 Å². The maximum atomic E-state index is 12.2. The molecule has 1 aliphatic rings. The van der Waals surface area contributed by atoms with Gasteiger partial charge in [0.05, 0.1) is 33.1 Å². The van der Waals surface area contributed by atoms with Gasteiger partial charge in [0.1, 0.15) is 5.75 Å². The fourth-order valence-electron chi connectivity index (χ4n) is 2.62. The zero-order chi connectivity index (χ0) is 19.0. The highest BCUT2D eigenvalue weighted by Gasteiger charge is 2.20. The summed E-state index contributed by atoms with van der Waals surface area (Å²) < 4.78 is 35.6. The van der Waals surface area contributed by atoms with E-state index in [1.165, 1.54) is 4.31 Å². The summed E-state index contributed by atoms with van der Waals surface area (Å²) in [7, 11) is -1.94. The Kier molecular flexibility index (Phi) is 7.83. The van der Waals surface area contributed by atoms with E-state index in [1.54, 1.807) is 31.4 Å². The van der Waals surface area contributed by atoms with Crippen molar-refractivity contribution in [3.8, 4) is 5.75 Å². The third kappa shape index (κ3) is 6.91. The Balaban J connectivity index is 1.84. The zero-order valence-electron chi connectivity index (χ0n) is 15.3. The number of nitrogens with zero attached hydrogens (tertiary/aromatic N) is 2. The molecule has 9 heteroatoms. The lowest BCUT2D eigenvalue weighted by Crippen LogP contribution is -2.44. The normalized spacial score (nSPS) is 15.8. The van der Waals surface area contributed by atoms with Gasteiger partial charge in [0.15, 0.2) is 0 Å². The van der Waals surface area contributed by atoms with Gasteiger partial charge in [-0.2, -0.15) is 4.31 Å². The monoisotopic (exact) mass is 385 g/mol. The van der Waals surface area contributed by atoms with Crippen molar-refractivity contribution in [2.75, 3.05) is 59.3 Å². The summed E-state index contributed by atoms with van der Waals surface area (Å²) in [6, 6.07) is 7.09. The molecule has 0 saturated carbocycles. The average Bonchev–Trinajstić information content (AvgIpc) is 2.62. The second kappa shape index (κ2) is 9.86. The van der Waals surface area contributed by atoms with Crippen molar-refractivity contribution in [2.45, 2.75) is 6.54 Å². The number of carbonyl (C=O) groups excluding carboxylic acids is 1. The molecular weight excluding hydrogens is 358 g/mol. The van der Waals surface area contributed by atoms with Gasteiger partial charge in [-0.05, 0) is 17.7 Å². The number of sulfonamides is 1. The lowest BCUT2D eigenvalue weighted by molar-refractivity contribution is -0.121. The van der Waals surface area contributed by atoms with Crippen molar-refractivity contribution in [3.05, 3.63) is 29.8 Å². The van der Waals surface area contributed by atoms with E-state index in [-0.39, 0.29) is 19.0 Å². The number of hydrogen-bond acceptors (Lipinski definition) is 6. The van der Waals surface area contributed by atoms with Crippen LogP contribution in [-0.4, -0.2) is 82.8 Å². The van der Waals surface area contributed by atoms with E-state index < -0.39 is 10.0 Å². The van der Waals surface area contributed by atoms with E-state index in [4.69, 9.17) is 9.47 Å². The quantitative estimate of drug-likeness (QED) is 0.639. The molecule has 146 valence electrons. The average molecular weight is 385 g/mol. The molecule has 0 aliphatic carbocycles. The van der Waals surface area contributed by atoms with Gasteiger partial charge in [-0.15, -0.1) is 0 Å². The van der Waals surface area contributed by atoms with Crippen molar-refractivity contribution in [2.24, 2.45) is 0 Å². The highest BCUT2D eigenvalue weighted by Crippen LogP contribution is 2.14. The topological polar surface area (TPSA) is 88.2 Å². The first-order valence-corrected chi connectivity index (χ1v) is 10.4. The van der Waals surface area contributed by atoms with Crippen molar-refractivity contribution >= 4 is 15.9 Å². The predicted molar refractivity (Wildman–Crippen MR) is 98.5 cm³/mol. The van der Waals surface area contributed by atoms with Gasteiger partial charge in [0.25, 0.3) is 0 Å². The lowest BCUT2D eigenvalue weighted by Gasteiger charge is -2.26. The SMILES string of the molecule is COc1ccc(CN(CC(=O)NCCN2CCOCC2)S(C)(=O)=O)cc1. The molecular formula is C17H27N3O5S. The van der Waals surface area contributed by atoms with E-state index in [0.29, 0.717) is 25.5 Å². The molecule has 1 amide bonds. The Hall–Kier alpha value is -1.68. The Morgan fingerprint density at radius 3 is 2.50 bits per heavy atom. The number of amides is 1. The van der Waals surface area contributed by atoms with Crippen LogP contribution in [-0.2, 0) is 26.1 Å². The number of hydrogen-bond donors (Lipinski definition) is 1. The minimum absolute atomic E-state index is 0.139. The number of carbonyl (C=O) groups is 1. The molecule has 0 unspecified atom stereocenters. The van der Waals surface area contributed by atoms with Gasteiger partial charge in [-0.3, -0.25) is 9.69 Å². The summed E-state index contributed by atoms with van der Waals surface area (Å²) in [6.45, 7) is 4.26. The smallest absolute Gasteiger partial charge is 0.235 e. The van der Waals surface area contributed by atoms with Crippen LogP contribution >= 0.6 is 0 Å². The summed E-state index contributed by atoms with van der Waals surface area (Å²) >= 11 is 0. The van der Waals surface area contributed by atoms with Crippen LogP contribution in [0.15, 0.2) is 24.3 Å². The van der Waals surface area contributed by atoms with Crippen LogP contribution in [0, 0.1) is 0 Å². The maximum absolute atomic E-state index is 12.2. The molecule has 1 aromatic carbocycles. The van der Waals surface area contributed by atoms with E-state index in [0.717, 1.165) is 31.5 Å². The first-order chi connectivity index (χ1) is 12.4. The lowest BCUT2D eigenvalue weighted by atomic mass is 10.2. The van der Waals surface area contributed by atoms with Crippen molar-refractivity contribution in [3.63, 3.8) is 0 Å². The Morgan fingerprint density at radius 1 is 1.27 bits per heavy atom. The van der Waals surface area contributed by atoms with Gasteiger partial charge in [0.2, 0.25) is 15.9 Å². The number of ether oxygens (including phenoxy) is 2. The molecule has 1 aliphatic heterocycles. The molecule has 0 atom stereocenters. The standard InChI is InChI=1S/C17H27N3O5S/c1-24-16-5-3-15(4-6-16)13-20(26(2,22)23)14-17(21)18-7-8-19-9-11-25-12-10-19/h3-6H,7-14H2,1-2H3,(H,18,21). The highest BCUT2D eigenvalue weighted by atomic mass is 32.2. The third-order valence-corrected chi connectivity index (χ3v) is 5.36. The summed E-state index contributed by atoms with van der Waals surface area (Å²) in [5.74, 6) is 0.387. The molecule has 0 aromatic heterocycles.